The minimum atomic E-state index is -0.638. The standard InChI is InChI=1S/C17H20O4/c1-19-13-9-7-12(8-10-13)15(18)11-14-16(20-2)5-4-6-17(14)21-3/h4-10,15,18H,11H2,1-3H3. The topological polar surface area (TPSA) is 47.9 Å². The second kappa shape index (κ2) is 6.99. The molecule has 0 aromatic heterocycles. The fourth-order valence-electron chi connectivity index (χ4n) is 2.27. The molecule has 2 rings (SSSR count). The maximum Gasteiger partial charge on any atom is 0.125 e. The van der Waals surface area contributed by atoms with Crippen LogP contribution in [0.3, 0.4) is 0 Å². The SMILES string of the molecule is COc1ccc(C(O)Cc2c(OC)cccc2OC)cc1. The van der Waals surface area contributed by atoms with Crippen LogP contribution >= 0.6 is 0 Å². The van der Waals surface area contributed by atoms with Crippen molar-refractivity contribution >= 4 is 0 Å². The van der Waals surface area contributed by atoms with E-state index >= 15 is 0 Å². The van der Waals surface area contributed by atoms with Crippen molar-refractivity contribution in [1.29, 1.82) is 0 Å². The molecule has 2 aromatic carbocycles. The number of aliphatic hydroxyl groups excluding tert-OH is 1. The summed E-state index contributed by atoms with van der Waals surface area (Å²) in [4.78, 5) is 0. The van der Waals surface area contributed by atoms with Gasteiger partial charge in [-0.25, -0.2) is 0 Å². The summed E-state index contributed by atoms with van der Waals surface area (Å²) >= 11 is 0. The Labute approximate surface area is 124 Å². The summed E-state index contributed by atoms with van der Waals surface area (Å²) in [5.74, 6) is 2.18. The molecule has 0 aliphatic rings. The summed E-state index contributed by atoms with van der Waals surface area (Å²) in [6, 6.07) is 12.9. The molecular weight excluding hydrogens is 268 g/mol. The van der Waals surface area contributed by atoms with Crippen LogP contribution in [0.15, 0.2) is 42.5 Å². The van der Waals surface area contributed by atoms with Crippen LogP contribution in [0, 0.1) is 0 Å². The number of hydrogen-bond donors (Lipinski definition) is 1. The van der Waals surface area contributed by atoms with E-state index in [2.05, 4.69) is 0 Å². The van der Waals surface area contributed by atoms with Gasteiger partial charge in [0.15, 0.2) is 0 Å². The molecule has 0 spiro atoms. The highest BCUT2D eigenvalue weighted by Gasteiger charge is 2.16. The molecule has 0 radical (unpaired) electrons. The summed E-state index contributed by atoms with van der Waals surface area (Å²) < 4.78 is 15.8. The highest BCUT2D eigenvalue weighted by molar-refractivity contribution is 5.45. The summed E-state index contributed by atoms with van der Waals surface area (Å²) in [7, 11) is 4.83. The van der Waals surface area contributed by atoms with Crippen molar-refractivity contribution in [3.8, 4) is 17.2 Å². The largest absolute Gasteiger partial charge is 0.497 e. The Morgan fingerprint density at radius 1 is 0.857 bits per heavy atom. The number of methoxy groups -OCH3 is 3. The monoisotopic (exact) mass is 288 g/mol. The Kier molecular flexibility index (Phi) is 5.06. The second-order valence-electron chi connectivity index (χ2n) is 4.63. The van der Waals surface area contributed by atoms with Crippen molar-refractivity contribution in [3.63, 3.8) is 0 Å². The third kappa shape index (κ3) is 3.47. The molecule has 0 saturated carbocycles. The fraction of sp³-hybridized carbons (Fsp3) is 0.294. The lowest BCUT2D eigenvalue weighted by Crippen LogP contribution is -2.05. The van der Waals surface area contributed by atoms with Crippen molar-refractivity contribution in [2.45, 2.75) is 12.5 Å². The Morgan fingerprint density at radius 2 is 1.43 bits per heavy atom. The van der Waals surface area contributed by atoms with Gasteiger partial charge in [0.2, 0.25) is 0 Å². The number of benzene rings is 2. The molecule has 2 aromatic rings. The minimum absolute atomic E-state index is 0.416. The molecule has 0 bridgehead atoms. The first-order valence-corrected chi connectivity index (χ1v) is 6.71. The first-order valence-electron chi connectivity index (χ1n) is 6.71. The second-order valence-corrected chi connectivity index (χ2v) is 4.63. The van der Waals surface area contributed by atoms with Crippen LogP contribution in [0.4, 0.5) is 0 Å². The van der Waals surface area contributed by atoms with Gasteiger partial charge < -0.3 is 19.3 Å². The Hall–Kier alpha value is -2.20. The van der Waals surface area contributed by atoms with Crippen molar-refractivity contribution in [2.24, 2.45) is 0 Å². The zero-order chi connectivity index (χ0) is 15.2. The van der Waals surface area contributed by atoms with E-state index in [0.717, 1.165) is 16.9 Å². The molecular formula is C17H20O4. The van der Waals surface area contributed by atoms with E-state index in [0.29, 0.717) is 17.9 Å². The van der Waals surface area contributed by atoms with E-state index in [1.54, 1.807) is 21.3 Å². The van der Waals surface area contributed by atoms with Crippen molar-refractivity contribution in [3.05, 3.63) is 53.6 Å². The predicted molar refractivity (Wildman–Crippen MR) is 81.2 cm³/mol. The van der Waals surface area contributed by atoms with Gasteiger partial charge in [0.25, 0.3) is 0 Å². The van der Waals surface area contributed by atoms with E-state index in [-0.39, 0.29) is 0 Å². The zero-order valence-corrected chi connectivity index (χ0v) is 12.5. The van der Waals surface area contributed by atoms with Crippen LogP contribution < -0.4 is 14.2 Å². The van der Waals surface area contributed by atoms with Crippen molar-refractivity contribution in [1.82, 2.24) is 0 Å². The Morgan fingerprint density at radius 3 is 1.90 bits per heavy atom. The van der Waals surface area contributed by atoms with Crippen LogP contribution in [-0.4, -0.2) is 26.4 Å². The van der Waals surface area contributed by atoms with Gasteiger partial charge in [-0.3, -0.25) is 0 Å². The van der Waals surface area contributed by atoms with E-state index in [9.17, 15) is 5.11 Å². The molecule has 0 heterocycles. The molecule has 4 heteroatoms. The number of hydrogen-bond acceptors (Lipinski definition) is 4. The Bertz CT molecular complexity index is 556. The molecule has 0 aliphatic heterocycles. The quantitative estimate of drug-likeness (QED) is 0.887. The molecule has 4 nitrogen and oxygen atoms in total. The maximum atomic E-state index is 10.4. The summed E-state index contributed by atoms with van der Waals surface area (Å²) in [5, 5.41) is 10.4. The molecule has 0 fully saturated rings. The number of ether oxygens (including phenoxy) is 3. The normalized spacial score (nSPS) is 11.8. The van der Waals surface area contributed by atoms with Crippen LogP contribution in [0.25, 0.3) is 0 Å². The first kappa shape index (κ1) is 15.2. The third-order valence-electron chi connectivity index (χ3n) is 3.43. The molecule has 1 N–H and O–H groups in total. The Balaban J connectivity index is 2.23. The molecule has 21 heavy (non-hydrogen) atoms. The molecule has 0 saturated heterocycles. The van der Waals surface area contributed by atoms with Crippen LogP contribution in [0.5, 0.6) is 17.2 Å². The van der Waals surface area contributed by atoms with Gasteiger partial charge in [0.05, 0.1) is 27.4 Å². The fourth-order valence-corrected chi connectivity index (χ4v) is 2.27. The third-order valence-corrected chi connectivity index (χ3v) is 3.43. The predicted octanol–water partition coefficient (Wildman–Crippen LogP) is 2.99. The van der Waals surface area contributed by atoms with Gasteiger partial charge in [-0.15, -0.1) is 0 Å². The van der Waals surface area contributed by atoms with Gasteiger partial charge in [-0.2, -0.15) is 0 Å². The minimum Gasteiger partial charge on any atom is -0.497 e. The zero-order valence-electron chi connectivity index (χ0n) is 12.5. The lowest BCUT2D eigenvalue weighted by atomic mass is 10.00. The van der Waals surface area contributed by atoms with E-state index in [4.69, 9.17) is 14.2 Å². The van der Waals surface area contributed by atoms with E-state index in [1.165, 1.54) is 0 Å². The maximum absolute atomic E-state index is 10.4. The summed E-state index contributed by atoms with van der Waals surface area (Å²) in [6.07, 6.45) is -0.222. The summed E-state index contributed by atoms with van der Waals surface area (Å²) in [6.45, 7) is 0. The smallest absolute Gasteiger partial charge is 0.125 e. The van der Waals surface area contributed by atoms with E-state index in [1.807, 2.05) is 42.5 Å². The molecule has 0 amide bonds. The lowest BCUT2D eigenvalue weighted by Gasteiger charge is -2.17. The van der Waals surface area contributed by atoms with Gasteiger partial charge in [0, 0.05) is 12.0 Å². The van der Waals surface area contributed by atoms with Crippen molar-refractivity contribution < 1.29 is 19.3 Å². The first-order chi connectivity index (χ1) is 10.2. The van der Waals surface area contributed by atoms with Crippen LogP contribution in [0.2, 0.25) is 0 Å². The van der Waals surface area contributed by atoms with Crippen LogP contribution in [0.1, 0.15) is 17.2 Å². The van der Waals surface area contributed by atoms with Gasteiger partial charge in [-0.1, -0.05) is 18.2 Å². The molecule has 112 valence electrons. The van der Waals surface area contributed by atoms with Gasteiger partial charge >= 0.3 is 0 Å². The van der Waals surface area contributed by atoms with Crippen molar-refractivity contribution in [2.75, 3.05) is 21.3 Å². The van der Waals surface area contributed by atoms with E-state index < -0.39 is 6.10 Å². The van der Waals surface area contributed by atoms with Gasteiger partial charge in [-0.05, 0) is 29.8 Å². The summed E-state index contributed by atoms with van der Waals surface area (Å²) in [5.41, 5.74) is 1.68. The average Bonchev–Trinajstić information content (AvgIpc) is 2.55. The average molecular weight is 288 g/mol. The number of rotatable bonds is 6. The van der Waals surface area contributed by atoms with Gasteiger partial charge in [0.1, 0.15) is 17.2 Å². The highest BCUT2D eigenvalue weighted by Crippen LogP contribution is 2.32. The molecule has 0 aliphatic carbocycles. The number of aliphatic hydroxyl groups is 1. The lowest BCUT2D eigenvalue weighted by molar-refractivity contribution is 0.176. The molecule has 1 atom stereocenters. The molecule has 1 unspecified atom stereocenters. The van der Waals surface area contributed by atoms with Crippen LogP contribution in [-0.2, 0) is 6.42 Å². The highest BCUT2D eigenvalue weighted by atomic mass is 16.5.